The van der Waals surface area contributed by atoms with Crippen molar-refractivity contribution in [3.63, 3.8) is 0 Å². The Morgan fingerprint density at radius 2 is 1.59 bits per heavy atom. The van der Waals surface area contributed by atoms with Crippen LogP contribution in [0.15, 0.2) is 24.3 Å². The number of nitrogens with zero attached hydrogens (tertiary/aromatic N) is 1. The van der Waals surface area contributed by atoms with Crippen molar-refractivity contribution in [2.24, 2.45) is 11.8 Å². The maximum atomic E-state index is 12.5. The van der Waals surface area contributed by atoms with Crippen LogP contribution in [-0.4, -0.2) is 30.6 Å². The van der Waals surface area contributed by atoms with Crippen molar-refractivity contribution in [3.8, 4) is 5.75 Å². The van der Waals surface area contributed by atoms with Gasteiger partial charge in [0.1, 0.15) is 5.75 Å². The van der Waals surface area contributed by atoms with Gasteiger partial charge in [-0.3, -0.25) is 9.59 Å². The van der Waals surface area contributed by atoms with Crippen molar-refractivity contribution < 1.29 is 27.8 Å². The van der Waals surface area contributed by atoms with Crippen LogP contribution in [0.3, 0.4) is 0 Å². The van der Waals surface area contributed by atoms with E-state index < -0.39 is 18.4 Å². The molecule has 4 rings (SSSR count). The van der Waals surface area contributed by atoms with E-state index in [4.69, 9.17) is 4.74 Å². The molecule has 1 aromatic rings. The SMILES string of the molecule is O=C1[C@H]2[C@H](C(=O)N1c1ccc(OC(F)F)cc1)[C@H]1CC[C@@H]2O1. The van der Waals surface area contributed by atoms with Gasteiger partial charge in [-0.05, 0) is 37.1 Å². The Bertz CT molecular complexity index is 605. The minimum absolute atomic E-state index is 0.0126. The number of benzene rings is 1. The molecular formula is C15H13F2NO4. The Morgan fingerprint density at radius 1 is 1.05 bits per heavy atom. The van der Waals surface area contributed by atoms with E-state index in [2.05, 4.69) is 4.74 Å². The summed E-state index contributed by atoms with van der Waals surface area (Å²) in [5, 5.41) is 0. The molecule has 0 radical (unpaired) electrons. The van der Waals surface area contributed by atoms with Crippen molar-refractivity contribution in [1.82, 2.24) is 0 Å². The zero-order valence-electron chi connectivity index (χ0n) is 11.4. The van der Waals surface area contributed by atoms with Gasteiger partial charge < -0.3 is 9.47 Å². The number of rotatable bonds is 3. The Hall–Kier alpha value is -2.02. The highest BCUT2D eigenvalue weighted by Crippen LogP contribution is 2.49. The average Bonchev–Trinajstić information content (AvgIpc) is 3.14. The summed E-state index contributed by atoms with van der Waals surface area (Å²) >= 11 is 0. The van der Waals surface area contributed by atoms with Gasteiger partial charge in [0.05, 0.1) is 29.7 Å². The van der Waals surface area contributed by atoms with Gasteiger partial charge in [-0.25, -0.2) is 4.90 Å². The molecule has 1 aromatic carbocycles. The third-order valence-corrected chi connectivity index (χ3v) is 4.60. The number of halogens is 2. The van der Waals surface area contributed by atoms with Gasteiger partial charge in [-0.15, -0.1) is 0 Å². The highest BCUT2D eigenvalue weighted by atomic mass is 19.3. The standard InChI is InChI=1S/C15H13F2NO4/c16-15(17)21-8-3-1-7(2-4-8)18-13(19)11-9-5-6-10(22-9)12(11)14(18)20/h1-4,9-12,15H,5-6H2/t9-,10+,11-,12-/m1/s1. The number of imide groups is 1. The molecule has 2 bridgehead atoms. The normalized spacial score (nSPS) is 33.0. The molecule has 2 amide bonds. The number of fused-ring (bicyclic) bond motifs is 5. The van der Waals surface area contributed by atoms with Gasteiger partial charge in [0.2, 0.25) is 11.8 Å². The number of carbonyl (C=O) groups is 2. The Kier molecular flexibility index (Phi) is 2.94. The monoisotopic (exact) mass is 309 g/mol. The van der Waals surface area contributed by atoms with Crippen molar-refractivity contribution in [2.75, 3.05) is 4.90 Å². The summed E-state index contributed by atoms with van der Waals surface area (Å²) in [6.07, 6.45) is 1.27. The second kappa shape index (κ2) is 4.74. The smallest absolute Gasteiger partial charge is 0.387 e. The van der Waals surface area contributed by atoms with Crippen LogP contribution in [0.2, 0.25) is 0 Å². The molecule has 0 aromatic heterocycles. The summed E-state index contributed by atoms with van der Waals surface area (Å²) in [5.74, 6) is -1.33. The van der Waals surface area contributed by atoms with E-state index in [1.165, 1.54) is 24.3 Å². The molecule has 0 spiro atoms. The summed E-state index contributed by atoms with van der Waals surface area (Å²) in [6, 6.07) is 5.52. The molecule has 3 aliphatic heterocycles. The zero-order chi connectivity index (χ0) is 15.4. The quantitative estimate of drug-likeness (QED) is 0.801. The fourth-order valence-electron chi connectivity index (χ4n) is 3.74. The lowest BCUT2D eigenvalue weighted by atomic mass is 9.81. The largest absolute Gasteiger partial charge is 0.435 e. The van der Waals surface area contributed by atoms with Gasteiger partial charge in [-0.2, -0.15) is 8.78 Å². The number of hydrogen-bond acceptors (Lipinski definition) is 4. The lowest BCUT2D eigenvalue weighted by Gasteiger charge is -2.17. The minimum atomic E-state index is -2.91. The molecule has 116 valence electrons. The Morgan fingerprint density at radius 3 is 2.09 bits per heavy atom. The Balaban J connectivity index is 1.60. The van der Waals surface area contributed by atoms with Crippen LogP contribution >= 0.6 is 0 Å². The molecule has 3 saturated heterocycles. The van der Waals surface area contributed by atoms with Crippen LogP contribution in [0.25, 0.3) is 0 Å². The predicted octanol–water partition coefficient (Wildman–Crippen LogP) is 1.95. The van der Waals surface area contributed by atoms with Gasteiger partial charge in [-0.1, -0.05) is 0 Å². The van der Waals surface area contributed by atoms with E-state index in [0.29, 0.717) is 5.69 Å². The highest BCUT2D eigenvalue weighted by Gasteiger charge is 2.62. The topological polar surface area (TPSA) is 55.8 Å². The molecule has 0 N–H and O–H groups in total. The molecule has 7 heteroatoms. The fraction of sp³-hybridized carbons (Fsp3) is 0.467. The molecule has 0 saturated carbocycles. The first-order valence-electron chi connectivity index (χ1n) is 7.14. The molecule has 0 aliphatic carbocycles. The summed E-state index contributed by atoms with van der Waals surface area (Å²) in [6.45, 7) is -2.91. The van der Waals surface area contributed by atoms with E-state index in [1.807, 2.05) is 0 Å². The summed E-state index contributed by atoms with van der Waals surface area (Å²) in [4.78, 5) is 26.2. The first-order valence-corrected chi connectivity index (χ1v) is 7.14. The molecule has 0 unspecified atom stereocenters. The zero-order valence-corrected chi connectivity index (χ0v) is 11.4. The van der Waals surface area contributed by atoms with Gasteiger partial charge in [0.15, 0.2) is 0 Å². The van der Waals surface area contributed by atoms with Gasteiger partial charge in [0.25, 0.3) is 0 Å². The third-order valence-electron chi connectivity index (χ3n) is 4.60. The third kappa shape index (κ3) is 1.85. The van der Waals surface area contributed by atoms with E-state index in [9.17, 15) is 18.4 Å². The molecule has 3 fully saturated rings. The van der Waals surface area contributed by atoms with Crippen molar-refractivity contribution in [3.05, 3.63) is 24.3 Å². The van der Waals surface area contributed by atoms with E-state index >= 15 is 0 Å². The van der Waals surface area contributed by atoms with Crippen LogP contribution in [0.4, 0.5) is 14.5 Å². The lowest BCUT2D eigenvalue weighted by Crippen LogP contribution is -2.34. The van der Waals surface area contributed by atoms with Crippen LogP contribution in [-0.2, 0) is 14.3 Å². The van der Waals surface area contributed by atoms with Crippen LogP contribution < -0.4 is 9.64 Å². The maximum absolute atomic E-state index is 12.5. The first kappa shape index (κ1) is 13.6. The molecule has 3 heterocycles. The second-order valence-electron chi connectivity index (χ2n) is 5.73. The predicted molar refractivity (Wildman–Crippen MR) is 70.4 cm³/mol. The van der Waals surface area contributed by atoms with Crippen molar-refractivity contribution in [1.29, 1.82) is 0 Å². The second-order valence-corrected chi connectivity index (χ2v) is 5.73. The number of hydrogen-bond donors (Lipinski definition) is 0. The van der Waals surface area contributed by atoms with E-state index in [-0.39, 0.29) is 29.8 Å². The number of amides is 2. The van der Waals surface area contributed by atoms with Crippen LogP contribution in [0.5, 0.6) is 5.75 Å². The minimum Gasteiger partial charge on any atom is -0.435 e. The number of alkyl halides is 2. The van der Waals surface area contributed by atoms with E-state index in [1.54, 1.807) is 0 Å². The number of anilines is 1. The fourth-order valence-corrected chi connectivity index (χ4v) is 3.74. The number of ether oxygens (including phenoxy) is 2. The number of carbonyl (C=O) groups excluding carboxylic acids is 2. The van der Waals surface area contributed by atoms with E-state index in [0.717, 1.165) is 17.7 Å². The Labute approximate surface area is 124 Å². The van der Waals surface area contributed by atoms with Gasteiger partial charge in [0, 0.05) is 0 Å². The van der Waals surface area contributed by atoms with Gasteiger partial charge >= 0.3 is 6.61 Å². The van der Waals surface area contributed by atoms with Crippen LogP contribution in [0, 0.1) is 11.8 Å². The van der Waals surface area contributed by atoms with Crippen molar-refractivity contribution in [2.45, 2.75) is 31.7 Å². The first-order chi connectivity index (χ1) is 10.6. The summed E-state index contributed by atoms with van der Waals surface area (Å²) < 4.78 is 34.2. The lowest BCUT2D eigenvalue weighted by molar-refractivity contribution is -0.124. The molecule has 3 aliphatic rings. The molecule has 5 nitrogen and oxygen atoms in total. The maximum Gasteiger partial charge on any atom is 0.387 e. The van der Waals surface area contributed by atoms with Crippen LogP contribution in [0.1, 0.15) is 12.8 Å². The summed E-state index contributed by atoms with van der Waals surface area (Å²) in [5.41, 5.74) is 0.380. The summed E-state index contributed by atoms with van der Waals surface area (Å²) in [7, 11) is 0. The molecule has 4 atom stereocenters. The highest BCUT2D eigenvalue weighted by molar-refractivity contribution is 6.22. The average molecular weight is 309 g/mol. The molecular weight excluding hydrogens is 296 g/mol. The van der Waals surface area contributed by atoms with Crippen molar-refractivity contribution >= 4 is 17.5 Å². The molecule has 22 heavy (non-hydrogen) atoms.